The molecule has 15 heavy (non-hydrogen) atoms. The smallest absolute Gasteiger partial charge is 0.00964 e. The van der Waals surface area contributed by atoms with Crippen molar-refractivity contribution in [3.05, 3.63) is 0 Å². The molecule has 0 bridgehead atoms. The van der Waals surface area contributed by atoms with Crippen LogP contribution in [0.3, 0.4) is 0 Å². The number of piperidine rings is 1. The molecule has 0 amide bonds. The van der Waals surface area contributed by atoms with Crippen LogP contribution in [0.25, 0.3) is 0 Å². The molecule has 1 unspecified atom stereocenters. The topological polar surface area (TPSA) is 15.3 Å². The Kier molecular flexibility index (Phi) is 4.04. The van der Waals surface area contributed by atoms with Crippen LogP contribution >= 0.6 is 0 Å². The second-order valence-electron chi connectivity index (χ2n) is 5.40. The van der Waals surface area contributed by atoms with Gasteiger partial charge in [-0.3, -0.25) is 0 Å². The predicted molar refractivity (Wildman–Crippen MR) is 65.1 cm³/mol. The van der Waals surface area contributed by atoms with Crippen molar-refractivity contribution < 1.29 is 0 Å². The van der Waals surface area contributed by atoms with Crippen molar-refractivity contribution >= 4 is 0 Å². The van der Waals surface area contributed by atoms with Crippen LogP contribution in [-0.4, -0.2) is 36.1 Å². The Labute approximate surface area is 94.4 Å². The van der Waals surface area contributed by atoms with E-state index in [-0.39, 0.29) is 0 Å². The zero-order valence-corrected chi connectivity index (χ0v) is 10.3. The van der Waals surface area contributed by atoms with Crippen LogP contribution in [0.15, 0.2) is 0 Å². The molecule has 1 atom stereocenters. The van der Waals surface area contributed by atoms with E-state index in [1.807, 2.05) is 0 Å². The molecule has 0 aromatic rings. The van der Waals surface area contributed by atoms with E-state index in [2.05, 4.69) is 24.1 Å². The van der Waals surface area contributed by atoms with Crippen molar-refractivity contribution in [1.29, 1.82) is 0 Å². The van der Waals surface area contributed by atoms with Gasteiger partial charge in [0, 0.05) is 18.1 Å². The van der Waals surface area contributed by atoms with Crippen LogP contribution in [-0.2, 0) is 0 Å². The van der Waals surface area contributed by atoms with Crippen molar-refractivity contribution in [1.82, 2.24) is 10.2 Å². The van der Waals surface area contributed by atoms with Gasteiger partial charge >= 0.3 is 0 Å². The van der Waals surface area contributed by atoms with E-state index in [1.54, 1.807) is 0 Å². The average Bonchev–Trinajstić information content (AvgIpc) is 3.03. The fraction of sp³-hybridized carbons (Fsp3) is 1.00. The van der Waals surface area contributed by atoms with Crippen LogP contribution in [0.2, 0.25) is 0 Å². The Morgan fingerprint density at radius 3 is 2.40 bits per heavy atom. The van der Waals surface area contributed by atoms with E-state index < -0.39 is 0 Å². The summed E-state index contributed by atoms with van der Waals surface area (Å²) in [5.41, 5.74) is 0. The van der Waals surface area contributed by atoms with Crippen LogP contribution in [0.1, 0.15) is 52.4 Å². The Morgan fingerprint density at radius 1 is 1.20 bits per heavy atom. The Hall–Kier alpha value is -0.0800. The number of hydrogen-bond acceptors (Lipinski definition) is 2. The molecule has 1 aliphatic heterocycles. The molecule has 2 nitrogen and oxygen atoms in total. The third-order valence-electron chi connectivity index (χ3n) is 3.83. The molecule has 1 saturated heterocycles. The molecule has 1 aliphatic carbocycles. The first-order chi connectivity index (χ1) is 7.29. The predicted octanol–water partition coefficient (Wildman–Crippen LogP) is 2.39. The molecule has 0 spiro atoms. The van der Waals surface area contributed by atoms with Crippen LogP contribution in [0.4, 0.5) is 0 Å². The number of likely N-dealkylation sites (tertiary alicyclic amines) is 1. The molecule has 1 N–H and O–H groups in total. The van der Waals surface area contributed by atoms with Crippen molar-refractivity contribution in [2.75, 3.05) is 13.1 Å². The first kappa shape index (κ1) is 11.4. The molecule has 0 aromatic carbocycles. The number of rotatable bonds is 5. The SMILES string of the molecule is CCCC(C)NC1CCN(C2CC2)CC1. The van der Waals surface area contributed by atoms with Crippen LogP contribution in [0.5, 0.6) is 0 Å². The summed E-state index contributed by atoms with van der Waals surface area (Å²) in [7, 11) is 0. The monoisotopic (exact) mass is 210 g/mol. The number of nitrogens with one attached hydrogen (secondary N) is 1. The van der Waals surface area contributed by atoms with Crippen molar-refractivity contribution in [2.45, 2.75) is 70.5 Å². The minimum absolute atomic E-state index is 0.715. The van der Waals surface area contributed by atoms with Crippen molar-refractivity contribution in [2.24, 2.45) is 0 Å². The number of hydrogen-bond donors (Lipinski definition) is 1. The molecule has 1 heterocycles. The van der Waals surface area contributed by atoms with Gasteiger partial charge in [0.15, 0.2) is 0 Å². The summed E-state index contributed by atoms with van der Waals surface area (Å²) in [4.78, 5) is 2.70. The quantitative estimate of drug-likeness (QED) is 0.749. The third kappa shape index (κ3) is 3.46. The van der Waals surface area contributed by atoms with Gasteiger partial charge in [-0.25, -0.2) is 0 Å². The summed E-state index contributed by atoms with van der Waals surface area (Å²) < 4.78 is 0. The van der Waals surface area contributed by atoms with E-state index in [0.29, 0.717) is 6.04 Å². The van der Waals surface area contributed by atoms with Gasteiger partial charge in [-0.1, -0.05) is 13.3 Å². The molecule has 88 valence electrons. The van der Waals surface area contributed by atoms with Crippen LogP contribution < -0.4 is 5.32 Å². The van der Waals surface area contributed by atoms with Gasteiger partial charge in [0.05, 0.1) is 0 Å². The first-order valence-electron chi connectivity index (χ1n) is 6.79. The number of nitrogens with zero attached hydrogens (tertiary/aromatic N) is 1. The van der Waals surface area contributed by atoms with Gasteiger partial charge in [-0.15, -0.1) is 0 Å². The lowest BCUT2D eigenvalue weighted by molar-refractivity contribution is 0.183. The average molecular weight is 210 g/mol. The molecule has 0 radical (unpaired) electrons. The lowest BCUT2D eigenvalue weighted by Crippen LogP contribution is -2.45. The van der Waals surface area contributed by atoms with Crippen LogP contribution in [0, 0.1) is 0 Å². The van der Waals surface area contributed by atoms with Gasteiger partial charge < -0.3 is 10.2 Å². The molecular weight excluding hydrogens is 184 g/mol. The Balaban J connectivity index is 1.64. The standard InChI is InChI=1S/C13H26N2/c1-3-4-11(2)14-12-7-9-15(10-8-12)13-5-6-13/h11-14H,3-10H2,1-2H3. The lowest BCUT2D eigenvalue weighted by Gasteiger charge is -2.34. The highest BCUT2D eigenvalue weighted by atomic mass is 15.2. The highest BCUT2D eigenvalue weighted by molar-refractivity contribution is 4.89. The molecule has 2 fully saturated rings. The molecule has 1 saturated carbocycles. The van der Waals surface area contributed by atoms with E-state index >= 15 is 0 Å². The van der Waals surface area contributed by atoms with Gasteiger partial charge in [0.25, 0.3) is 0 Å². The lowest BCUT2D eigenvalue weighted by atomic mass is 10.0. The summed E-state index contributed by atoms with van der Waals surface area (Å²) in [5, 5.41) is 3.77. The van der Waals surface area contributed by atoms with Crippen molar-refractivity contribution in [3.63, 3.8) is 0 Å². The normalized spacial score (nSPS) is 26.8. The van der Waals surface area contributed by atoms with Gasteiger partial charge in [0.2, 0.25) is 0 Å². The molecule has 2 heteroatoms. The molecular formula is C13H26N2. The van der Waals surface area contributed by atoms with Gasteiger partial charge in [0.1, 0.15) is 0 Å². The highest BCUT2D eigenvalue weighted by Crippen LogP contribution is 2.29. The third-order valence-corrected chi connectivity index (χ3v) is 3.83. The van der Waals surface area contributed by atoms with Crippen molar-refractivity contribution in [3.8, 4) is 0 Å². The Bertz CT molecular complexity index is 181. The zero-order chi connectivity index (χ0) is 10.7. The van der Waals surface area contributed by atoms with E-state index in [1.165, 1.54) is 51.6 Å². The summed E-state index contributed by atoms with van der Waals surface area (Å²) in [6, 6.07) is 2.48. The minimum Gasteiger partial charge on any atom is -0.311 e. The first-order valence-corrected chi connectivity index (χ1v) is 6.79. The zero-order valence-electron chi connectivity index (χ0n) is 10.3. The summed E-state index contributed by atoms with van der Waals surface area (Å²) in [5.74, 6) is 0. The van der Waals surface area contributed by atoms with Gasteiger partial charge in [-0.2, -0.15) is 0 Å². The molecule has 0 aromatic heterocycles. The van der Waals surface area contributed by atoms with Gasteiger partial charge in [-0.05, 0) is 52.1 Å². The maximum Gasteiger partial charge on any atom is 0.00964 e. The largest absolute Gasteiger partial charge is 0.311 e. The fourth-order valence-corrected chi connectivity index (χ4v) is 2.79. The maximum atomic E-state index is 3.77. The second-order valence-corrected chi connectivity index (χ2v) is 5.40. The highest BCUT2D eigenvalue weighted by Gasteiger charge is 2.31. The van der Waals surface area contributed by atoms with E-state index in [9.17, 15) is 0 Å². The summed E-state index contributed by atoms with van der Waals surface area (Å²) in [6.07, 6.45) is 8.28. The summed E-state index contributed by atoms with van der Waals surface area (Å²) in [6.45, 7) is 7.27. The van der Waals surface area contributed by atoms with E-state index in [0.717, 1.165) is 12.1 Å². The minimum atomic E-state index is 0.715. The Morgan fingerprint density at radius 2 is 1.87 bits per heavy atom. The maximum absolute atomic E-state index is 3.77. The van der Waals surface area contributed by atoms with E-state index in [4.69, 9.17) is 0 Å². The fourth-order valence-electron chi connectivity index (χ4n) is 2.79. The second kappa shape index (κ2) is 5.31. The molecule has 2 rings (SSSR count). The molecule has 2 aliphatic rings. The summed E-state index contributed by atoms with van der Waals surface area (Å²) >= 11 is 0.